The van der Waals surface area contributed by atoms with Gasteiger partial charge in [0.15, 0.2) is 0 Å². The van der Waals surface area contributed by atoms with Crippen LogP contribution in [-0.4, -0.2) is 11.7 Å². The third kappa shape index (κ3) is 3.42. The summed E-state index contributed by atoms with van der Waals surface area (Å²) in [5.41, 5.74) is 0.781. The molecule has 0 amide bonds. The van der Waals surface area contributed by atoms with Gasteiger partial charge in [0.2, 0.25) is 0 Å². The van der Waals surface area contributed by atoms with Crippen LogP contribution < -0.4 is 0 Å². The van der Waals surface area contributed by atoms with Gasteiger partial charge in [0.1, 0.15) is 6.61 Å². The number of alkyl halides is 2. The van der Waals surface area contributed by atoms with E-state index in [0.717, 1.165) is 5.56 Å². The first-order chi connectivity index (χ1) is 6.56. The van der Waals surface area contributed by atoms with Crippen molar-refractivity contribution < 1.29 is 13.9 Å². The van der Waals surface area contributed by atoms with E-state index >= 15 is 0 Å². The third-order valence-electron chi connectivity index (χ3n) is 1.67. The third-order valence-corrected chi connectivity index (χ3v) is 1.67. The molecule has 0 fully saturated rings. The van der Waals surface area contributed by atoms with Crippen LogP contribution in [0.15, 0.2) is 24.3 Å². The van der Waals surface area contributed by atoms with Crippen LogP contribution in [-0.2, 0) is 5.92 Å². The molecule has 0 saturated carbocycles. The van der Waals surface area contributed by atoms with E-state index in [0.29, 0.717) is 0 Å². The minimum Gasteiger partial charge on any atom is -0.390 e. The molecule has 1 rings (SSSR count). The Bertz CT molecular complexity index is 254. The maximum atomic E-state index is 12.8. The summed E-state index contributed by atoms with van der Waals surface area (Å²) in [6.45, 7) is 4.68. The minimum atomic E-state index is -3.12. The minimum absolute atomic E-state index is 0.143. The van der Waals surface area contributed by atoms with Crippen LogP contribution in [0.2, 0.25) is 0 Å². The molecule has 14 heavy (non-hydrogen) atoms. The van der Waals surface area contributed by atoms with Gasteiger partial charge >= 0.3 is 0 Å². The first kappa shape index (κ1) is 13.0. The predicted molar refractivity (Wildman–Crippen MR) is 53.5 cm³/mol. The highest BCUT2D eigenvalue weighted by atomic mass is 19.3. The van der Waals surface area contributed by atoms with Gasteiger partial charge in [-0.25, -0.2) is 0 Å². The lowest BCUT2D eigenvalue weighted by Gasteiger charge is -2.12. The first-order valence-electron chi connectivity index (χ1n) is 4.62. The Hall–Kier alpha value is -0.960. The van der Waals surface area contributed by atoms with Gasteiger partial charge in [-0.2, -0.15) is 8.78 Å². The highest BCUT2D eigenvalue weighted by molar-refractivity contribution is 5.24. The maximum Gasteiger partial charge on any atom is 0.295 e. The maximum absolute atomic E-state index is 12.8. The summed E-state index contributed by atoms with van der Waals surface area (Å²) < 4.78 is 25.5. The largest absolute Gasteiger partial charge is 0.390 e. The average Bonchev–Trinajstić information content (AvgIpc) is 2.21. The average molecular weight is 202 g/mol. The Labute approximate surface area is 83.4 Å². The van der Waals surface area contributed by atoms with Crippen LogP contribution in [0, 0.1) is 6.92 Å². The number of hydrogen-bond acceptors (Lipinski definition) is 1. The molecule has 0 aliphatic heterocycles. The lowest BCUT2D eigenvalue weighted by molar-refractivity contribution is -0.0556. The molecule has 0 radical (unpaired) electrons. The molecule has 0 saturated heterocycles. The van der Waals surface area contributed by atoms with E-state index in [1.54, 1.807) is 12.1 Å². The zero-order valence-corrected chi connectivity index (χ0v) is 8.72. The smallest absolute Gasteiger partial charge is 0.295 e. The molecule has 0 bridgehead atoms. The number of aliphatic hydroxyl groups is 1. The lowest BCUT2D eigenvalue weighted by atomic mass is 10.1. The normalized spacial score (nSPS) is 10.4. The standard InChI is InChI=1S/C9H10F2O.C2H6/c1-7-2-4-8(5-3-7)9(10,11)6-12;1-2/h2-5,12H,6H2,1H3;1-2H3. The first-order valence-corrected chi connectivity index (χ1v) is 4.62. The van der Waals surface area contributed by atoms with Gasteiger partial charge in [-0.1, -0.05) is 43.7 Å². The molecular formula is C11H16F2O. The molecular weight excluding hydrogens is 186 g/mol. The molecule has 0 aliphatic carbocycles. The summed E-state index contributed by atoms with van der Waals surface area (Å²) >= 11 is 0. The van der Waals surface area contributed by atoms with Gasteiger partial charge in [-0.15, -0.1) is 0 Å². The van der Waals surface area contributed by atoms with Gasteiger partial charge < -0.3 is 5.11 Å². The van der Waals surface area contributed by atoms with Crippen LogP contribution in [0.25, 0.3) is 0 Å². The SMILES string of the molecule is CC.Cc1ccc(C(F)(F)CO)cc1. The number of benzene rings is 1. The van der Waals surface area contributed by atoms with Crippen LogP contribution in [0.3, 0.4) is 0 Å². The molecule has 80 valence electrons. The van der Waals surface area contributed by atoms with E-state index in [9.17, 15) is 8.78 Å². The molecule has 0 spiro atoms. The fourth-order valence-corrected chi connectivity index (χ4v) is 0.889. The quantitative estimate of drug-likeness (QED) is 0.781. The van der Waals surface area contributed by atoms with Gasteiger partial charge in [0.25, 0.3) is 5.92 Å². The molecule has 0 atom stereocenters. The second-order valence-corrected chi connectivity index (χ2v) is 2.73. The molecule has 0 aromatic heterocycles. The number of halogens is 2. The van der Waals surface area contributed by atoms with Crippen LogP contribution in [0.5, 0.6) is 0 Å². The topological polar surface area (TPSA) is 20.2 Å². The number of rotatable bonds is 2. The summed E-state index contributed by atoms with van der Waals surface area (Å²) in [7, 11) is 0. The Morgan fingerprint density at radius 2 is 1.57 bits per heavy atom. The molecule has 3 heteroatoms. The van der Waals surface area contributed by atoms with Crippen molar-refractivity contribution >= 4 is 0 Å². The van der Waals surface area contributed by atoms with E-state index < -0.39 is 12.5 Å². The zero-order chi connectivity index (χ0) is 11.2. The molecule has 0 aliphatic rings. The fourth-order valence-electron chi connectivity index (χ4n) is 0.889. The van der Waals surface area contributed by atoms with Crippen molar-refractivity contribution in [2.24, 2.45) is 0 Å². The number of aryl methyl sites for hydroxylation is 1. The summed E-state index contributed by atoms with van der Waals surface area (Å²) in [6.07, 6.45) is 0. The Morgan fingerprint density at radius 1 is 1.14 bits per heavy atom. The molecule has 0 unspecified atom stereocenters. The number of aliphatic hydroxyl groups excluding tert-OH is 1. The second-order valence-electron chi connectivity index (χ2n) is 2.73. The van der Waals surface area contributed by atoms with E-state index in [1.807, 2.05) is 20.8 Å². The van der Waals surface area contributed by atoms with Crippen molar-refractivity contribution in [1.29, 1.82) is 0 Å². The molecule has 1 nitrogen and oxygen atoms in total. The fraction of sp³-hybridized carbons (Fsp3) is 0.455. The van der Waals surface area contributed by atoms with Crippen molar-refractivity contribution in [3.05, 3.63) is 35.4 Å². The Kier molecular flexibility index (Phi) is 5.31. The summed E-state index contributed by atoms with van der Waals surface area (Å²) in [5, 5.41) is 8.37. The predicted octanol–water partition coefficient (Wildman–Crippen LogP) is 3.11. The van der Waals surface area contributed by atoms with E-state index in [2.05, 4.69) is 0 Å². The van der Waals surface area contributed by atoms with Crippen LogP contribution >= 0.6 is 0 Å². The lowest BCUT2D eigenvalue weighted by Crippen LogP contribution is -2.18. The second kappa shape index (κ2) is 5.70. The van der Waals surface area contributed by atoms with E-state index in [1.165, 1.54) is 12.1 Å². The molecule has 1 aromatic rings. The van der Waals surface area contributed by atoms with Crippen molar-refractivity contribution in [2.75, 3.05) is 6.61 Å². The number of hydrogen-bond donors (Lipinski definition) is 1. The zero-order valence-electron chi connectivity index (χ0n) is 8.72. The van der Waals surface area contributed by atoms with Crippen molar-refractivity contribution in [3.8, 4) is 0 Å². The molecule has 0 heterocycles. The Balaban J connectivity index is 0.000000791. The van der Waals surface area contributed by atoms with Crippen molar-refractivity contribution in [1.82, 2.24) is 0 Å². The van der Waals surface area contributed by atoms with Gasteiger partial charge in [0.05, 0.1) is 0 Å². The summed E-state index contributed by atoms with van der Waals surface area (Å²) in [5.74, 6) is -3.12. The van der Waals surface area contributed by atoms with Gasteiger partial charge in [-0.3, -0.25) is 0 Å². The highest BCUT2D eigenvalue weighted by Gasteiger charge is 2.29. The van der Waals surface area contributed by atoms with Gasteiger partial charge in [0, 0.05) is 5.56 Å². The van der Waals surface area contributed by atoms with Crippen LogP contribution in [0.4, 0.5) is 8.78 Å². The van der Waals surface area contributed by atoms with Gasteiger partial charge in [-0.05, 0) is 6.92 Å². The Morgan fingerprint density at radius 3 is 1.93 bits per heavy atom. The van der Waals surface area contributed by atoms with E-state index in [-0.39, 0.29) is 5.56 Å². The van der Waals surface area contributed by atoms with Crippen LogP contribution in [0.1, 0.15) is 25.0 Å². The molecule has 1 N–H and O–H groups in total. The summed E-state index contributed by atoms with van der Waals surface area (Å²) in [6, 6.07) is 5.84. The highest BCUT2D eigenvalue weighted by Crippen LogP contribution is 2.26. The van der Waals surface area contributed by atoms with Crippen molar-refractivity contribution in [2.45, 2.75) is 26.7 Å². The molecule has 1 aromatic carbocycles. The van der Waals surface area contributed by atoms with Crippen molar-refractivity contribution in [3.63, 3.8) is 0 Å². The monoisotopic (exact) mass is 202 g/mol. The summed E-state index contributed by atoms with van der Waals surface area (Å²) in [4.78, 5) is 0. The van der Waals surface area contributed by atoms with E-state index in [4.69, 9.17) is 5.11 Å².